The molecule has 2 rings (SSSR count). The molecule has 1 aromatic carbocycles. The first-order valence-electron chi connectivity index (χ1n) is 7.00. The smallest absolute Gasteiger partial charge is 0.240 e. The van der Waals surface area contributed by atoms with Crippen molar-refractivity contribution < 1.29 is 13.2 Å². The van der Waals surface area contributed by atoms with Crippen LogP contribution in [0.5, 0.6) is 5.75 Å². The molecule has 2 atom stereocenters. The number of nitrogen functional groups attached to an aromatic ring is 1. The van der Waals surface area contributed by atoms with E-state index in [4.69, 9.17) is 15.6 Å². The molecule has 1 aliphatic rings. The number of anilines is 1. The van der Waals surface area contributed by atoms with Crippen LogP contribution >= 0.6 is 0 Å². The number of hydrogen-bond donors (Lipinski definition) is 2. The molecule has 1 fully saturated rings. The molecule has 0 aliphatic heterocycles. The highest BCUT2D eigenvalue weighted by molar-refractivity contribution is 7.89. The zero-order valence-corrected chi connectivity index (χ0v) is 12.5. The summed E-state index contributed by atoms with van der Waals surface area (Å²) in [6.07, 6.45) is 5.93. The molecule has 1 aliphatic carbocycles. The summed E-state index contributed by atoms with van der Waals surface area (Å²) in [5.74, 6) is 1.17. The first kappa shape index (κ1) is 15.1. The summed E-state index contributed by atoms with van der Waals surface area (Å²) < 4.78 is 28.6. The second kappa shape index (κ2) is 6.01. The monoisotopic (exact) mass is 298 g/mol. The minimum Gasteiger partial charge on any atom is -0.490 e. The van der Waals surface area contributed by atoms with Gasteiger partial charge in [0.2, 0.25) is 10.0 Å². The second-order valence-corrected chi connectivity index (χ2v) is 6.88. The van der Waals surface area contributed by atoms with Crippen molar-refractivity contribution in [3.8, 4) is 5.75 Å². The summed E-state index contributed by atoms with van der Waals surface area (Å²) >= 11 is 0. The summed E-state index contributed by atoms with van der Waals surface area (Å²) in [4.78, 5) is -0.0551. The Morgan fingerprint density at radius 3 is 2.60 bits per heavy atom. The summed E-state index contributed by atoms with van der Waals surface area (Å²) in [6, 6.07) is 4.57. The Morgan fingerprint density at radius 1 is 1.30 bits per heavy atom. The highest BCUT2D eigenvalue weighted by Crippen LogP contribution is 2.32. The lowest BCUT2D eigenvalue weighted by Gasteiger charge is -2.31. The predicted molar refractivity (Wildman–Crippen MR) is 78.9 cm³/mol. The van der Waals surface area contributed by atoms with Crippen LogP contribution in [0.3, 0.4) is 0 Å². The van der Waals surface area contributed by atoms with E-state index in [0.29, 0.717) is 11.7 Å². The van der Waals surface area contributed by atoms with Gasteiger partial charge in [0.1, 0.15) is 16.7 Å². The van der Waals surface area contributed by atoms with Gasteiger partial charge in [-0.25, -0.2) is 13.6 Å². The summed E-state index contributed by atoms with van der Waals surface area (Å²) in [5.41, 5.74) is 5.87. The molecule has 4 N–H and O–H groups in total. The Kier molecular flexibility index (Phi) is 4.55. The largest absolute Gasteiger partial charge is 0.490 e. The van der Waals surface area contributed by atoms with Crippen LogP contribution in [0.1, 0.15) is 39.0 Å². The van der Waals surface area contributed by atoms with E-state index in [0.717, 1.165) is 12.8 Å². The van der Waals surface area contributed by atoms with E-state index in [2.05, 4.69) is 6.92 Å². The predicted octanol–water partition coefficient (Wildman–Crippen LogP) is 2.26. The lowest BCUT2D eigenvalue weighted by molar-refractivity contribution is 0.0904. The molecule has 0 spiro atoms. The molecule has 6 heteroatoms. The van der Waals surface area contributed by atoms with Gasteiger partial charge in [-0.2, -0.15) is 0 Å². The highest BCUT2D eigenvalue weighted by atomic mass is 32.2. The number of ether oxygens (including phenoxy) is 1. The number of nitrogens with two attached hydrogens (primary N) is 2. The van der Waals surface area contributed by atoms with E-state index in [1.54, 1.807) is 12.1 Å². The van der Waals surface area contributed by atoms with Crippen molar-refractivity contribution in [2.24, 2.45) is 11.1 Å². The Labute approximate surface area is 120 Å². The molecular weight excluding hydrogens is 276 g/mol. The van der Waals surface area contributed by atoms with Crippen LogP contribution < -0.4 is 15.6 Å². The standard InChI is InChI=1S/C14H22N2O3S/c1-2-10-5-3-4-6-13(10)19-11-7-8-14(12(15)9-11)20(16,17)18/h7-10,13H,2-6,15H2,1H3,(H2,16,17,18). The van der Waals surface area contributed by atoms with Gasteiger partial charge in [-0.1, -0.05) is 13.3 Å². The van der Waals surface area contributed by atoms with Crippen LogP contribution in [0.15, 0.2) is 23.1 Å². The van der Waals surface area contributed by atoms with Gasteiger partial charge in [0.15, 0.2) is 0 Å². The minimum atomic E-state index is -3.78. The van der Waals surface area contributed by atoms with E-state index in [9.17, 15) is 8.42 Å². The fraction of sp³-hybridized carbons (Fsp3) is 0.571. The van der Waals surface area contributed by atoms with Gasteiger partial charge in [0, 0.05) is 6.07 Å². The minimum absolute atomic E-state index is 0.0551. The molecule has 20 heavy (non-hydrogen) atoms. The summed E-state index contributed by atoms with van der Waals surface area (Å²) in [6.45, 7) is 2.17. The molecular formula is C14H22N2O3S. The fourth-order valence-electron chi connectivity index (χ4n) is 2.83. The average Bonchev–Trinajstić information content (AvgIpc) is 2.38. The summed E-state index contributed by atoms with van der Waals surface area (Å²) in [7, 11) is -3.78. The maximum Gasteiger partial charge on any atom is 0.240 e. The van der Waals surface area contributed by atoms with E-state index >= 15 is 0 Å². The van der Waals surface area contributed by atoms with Crippen molar-refractivity contribution in [1.82, 2.24) is 0 Å². The van der Waals surface area contributed by atoms with Gasteiger partial charge < -0.3 is 10.5 Å². The molecule has 0 radical (unpaired) electrons. The van der Waals surface area contributed by atoms with Gasteiger partial charge in [-0.05, 0) is 43.7 Å². The van der Waals surface area contributed by atoms with E-state index in [1.807, 2.05) is 0 Å². The van der Waals surface area contributed by atoms with Gasteiger partial charge in [0.25, 0.3) is 0 Å². The van der Waals surface area contributed by atoms with Crippen molar-refractivity contribution in [3.63, 3.8) is 0 Å². The van der Waals surface area contributed by atoms with E-state index in [1.165, 1.54) is 25.3 Å². The molecule has 1 aromatic rings. The molecule has 0 heterocycles. The van der Waals surface area contributed by atoms with Crippen molar-refractivity contribution in [2.75, 3.05) is 5.73 Å². The zero-order chi connectivity index (χ0) is 14.8. The lowest BCUT2D eigenvalue weighted by Crippen LogP contribution is -2.30. The fourth-order valence-corrected chi connectivity index (χ4v) is 3.47. The molecule has 1 saturated carbocycles. The second-order valence-electron chi connectivity index (χ2n) is 5.35. The number of benzene rings is 1. The van der Waals surface area contributed by atoms with Crippen molar-refractivity contribution in [3.05, 3.63) is 18.2 Å². The van der Waals surface area contributed by atoms with Crippen molar-refractivity contribution in [1.29, 1.82) is 0 Å². The first-order chi connectivity index (χ1) is 9.41. The van der Waals surface area contributed by atoms with Crippen LogP contribution in [0.25, 0.3) is 0 Å². The maximum absolute atomic E-state index is 11.3. The Hall–Kier alpha value is -1.27. The van der Waals surface area contributed by atoms with Crippen molar-refractivity contribution >= 4 is 15.7 Å². The topological polar surface area (TPSA) is 95.4 Å². The molecule has 0 amide bonds. The number of sulfonamides is 1. The first-order valence-corrected chi connectivity index (χ1v) is 8.55. The maximum atomic E-state index is 11.3. The van der Waals surface area contributed by atoms with E-state index < -0.39 is 10.0 Å². The van der Waals surface area contributed by atoms with Crippen LogP contribution in [0, 0.1) is 5.92 Å². The van der Waals surface area contributed by atoms with Crippen LogP contribution in [0.4, 0.5) is 5.69 Å². The Morgan fingerprint density at radius 2 is 2.00 bits per heavy atom. The van der Waals surface area contributed by atoms with Crippen LogP contribution in [-0.4, -0.2) is 14.5 Å². The van der Waals surface area contributed by atoms with Crippen LogP contribution in [-0.2, 0) is 10.0 Å². The average molecular weight is 298 g/mol. The van der Waals surface area contributed by atoms with Gasteiger partial charge in [0.05, 0.1) is 5.69 Å². The van der Waals surface area contributed by atoms with Gasteiger partial charge in [-0.3, -0.25) is 0 Å². The van der Waals surface area contributed by atoms with Gasteiger partial charge >= 0.3 is 0 Å². The molecule has 0 saturated heterocycles. The lowest BCUT2D eigenvalue weighted by atomic mass is 9.85. The SMILES string of the molecule is CCC1CCCCC1Oc1ccc(S(N)(=O)=O)c(N)c1. The quantitative estimate of drug-likeness (QED) is 0.833. The normalized spacial score (nSPS) is 23.5. The van der Waals surface area contributed by atoms with Crippen molar-refractivity contribution in [2.45, 2.75) is 50.0 Å². The van der Waals surface area contributed by atoms with Gasteiger partial charge in [-0.15, -0.1) is 0 Å². The third kappa shape index (κ3) is 3.43. The molecule has 0 bridgehead atoms. The number of hydrogen-bond acceptors (Lipinski definition) is 4. The Balaban J connectivity index is 2.16. The molecule has 112 valence electrons. The summed E-state index contributed by atoms with van der Waals surface area (Å²) in [5, 5.41) is 5.09. The molecule has 2 unspecified atom stereocenters. The highest BCUT2D eigenvalue weighted by Gasteiger charge is 2.25. The molecule has 0 aromatic heterocycles. The number of rotatable bonds is 4. The molecule has 5 nitrogen and oxygen atoms in total. The Bertz CT molecular complexity index is 572. The third-order valence-electron chi connectivity index (χ3n) is 3.94. The third-order valence-corrected chi connectivity index (χ3v) is 4.92. The van der Waals surface area contributed by atoms with Crippen LogP contribution in [0.2, 0.25) is 0 Å². The number of primary sulfonamides is 1. The van der Waals surface area contributed by atoms with E-state index in [-0.39, 0.29) is 16.7 Å². The zero-order valence-electron chi connectivity index (χ0n) is 11.7.